The van der Waals surface area contributed by atoms with Gasteiger partial charge in [-0.25, -0.2) is 4.98 Å². The summed E-state index contributed by atoms with van der Waals surface area (Å²) in [5, 5.41) is 20.7. The third-order valence-electron chi connectivity index (χ3n) is 3.92. The predicted octanol–water partition coefficient (Wildman–Crippen LogP) is 1.76. The van der Waals surface area contributed by atoms with Gasteiger partial charge in [-0.15, -0.1) is 21.5 Å². The summed E-state index contributed by atoms with van der Waals surface area (Å²) in [6.45, 7) is 1.83. The summed E-state index contributed by atoms with van der Waals surface area (Å²) < 4.78 is 2.00. The number of hydrogen-bond acceptors (Lipinski definition) is 8. The molecule has 2 N–H and O–H groups in total. The van der Waals surface area contributed by atoms with Crippen molar-refractivity contribution in [3.8, 4) is 6.07 Å². The van der Waals surface area contributed by atoms with Crippen molar-refractivity contribution in [1.82, 2.24) is 19.7 Å². The monoisotopic (exact) mass is 390 g/mol. The van der Waals surface area contributed by atoms with Crippen molar-refractivity contribution in [2.75, 3.05) is 5.75 Å². The van der Waals surface area contributed by atoms with Gasteiger partial charge in [0.2, 0.25) is 5.91 Å². The fourth-order valence-electron chi connectivity index (χ4n) is 2.50. The van der Waals surface area contributed by atoms with Crippen molar-refractivity contribution < 1.29 is 9.59 Å². The van der Waals surface area contributed by atoms with Gasteiger partial charge in [-0.1, -0.05) is 11.8 Å². The number of thiazole rings is 1. The smallest absolute Gasteiger partial charge is 0.217 e. The lowest BCUT2D eigenvalue weighted by Gasteiger charge is -2.09. The number of carbonyl (C=O) groups excluding carboxylic acids is 2. The first-order chi connectivity index (χ1) is 12.5. The van der Waals surface area contributed by atoms with Gasteiger partial charge in [0.05, 0.1) is 11.8 Å². The molecule has 1 saturated carbocycles. The number of amides is 1. The van der Waals surface area contributed by atoms with Gasteiger partial charge >= 0.3 is 0 Å². The minimum Gasteiger partial charge on any atom is -0.370 e. The molecule has 0 spiro atoms. The van der Waals surface area contributed by atoms with Gasteiger partial charge in [-0.3, -0.25) is 9.59 Å². The Morgan fingerprint density at radius 3 is 2.85 bits per heavy atom. The number of carbonyl (C=O) groups is 2. The molecule has 2 aromatic rings. The van der Waals surface area contributed by atoms with Gasteiger partial charge in [0, 0.05) is 30.0 Å². The van der Waals surface area contributed by atoms with E-state index in [0.717, 1.165) is 18.5 Å². The quantitative estimate of drug-likeness (QED) is 0.646. The maximum Gasteiger partial charge on any atom is 0.217 e. The Morgan fingerprint density at radius 1 is 1.50 bits per heavy atom. The molecule has 0 bridgehead atoms. The number of nitrogens with two attached hydrogens (primary N) is 1. The van der Waals surface area contributed by atoms with Crippen molar-refractivity contribution in [2.45, 2.75) is 49.7 Å². The van der Waals surface area contributed by atoms with Crippen LogP contribution >= 0.6 is 23.1 Å². The number of aryl methyl sites for hydroxylation is 2. The lowest BCUT2D eigenvalue weighted by molar-refractivity contribution is -0.118. The number of aromatic nitrogens is 4. The number of primary amides is 1. The van der Waals surface area contributed by atoms with E-state index in [2.05, 4.69) is 15.2 Å². The molecule has 0 aromatic carbocycles. The van der Waals surface area contributed by atoms with E-state index in [1.54, 1.807) is 0 Å². The van der Waals surface area contributed by atoms with E-state index in [1.807, 2.05) is 22.9 Å². The van der Waals surface area contributed by atoms with Crippen molar-refractivity contribution in [3.05, 3.63) is 21.9 Å². The third kappa shape index (κ3) is 4.28. The Morgan fingerprint density at radius 2 is 2.27 bits per heavy atom. The van der Waals surface area contributed by atoms with E-state index >= 15 is 0 Å². The summed E-state index contributed by atoms with van der Waals surface area (Å²) >= 11 is 2.60. The van der Waals surface area contributed by atoms with Crippen molar-refractivity contribution >= 4 is 34.8 Å². The van der Waals surface area contributed by atoms with Crippen LogP contribution in [-0.2, 0) is 16.0 Å². The summed E-state index contributed by atoms with van der Waals surface area (Å²) in [4.78, 5) is 27.7. The normalized spacial score (nSPS) is 14.8. The third-order valence-corrected chi connectivity index (χ3v) is 5.91. The highest BCUT2D eigenvalue weighted by Gasteiger charge is 2.30. The molecule has 26 heavy (non-hydrogen) atoms. The maximum atomic E-state index is 12.5. The molecule has 0 saturated heterocycles. The Bertz CT molecular complexity index is 864. The summed E-state index contributed by atoms with van der Waals surface area (Å²) in [5.41, 5.74) is 6.02. The van der Waals surface area contributed by atoms with Crippen LogP contribution in [0.3, 0.4) is 0 Å². The predicted molar refractivity (Wildman–Crippen MR) is 96.7 cm³/mol. The Kier molecular flexibility index (Phi) is 5.68. The van der Waals surface area contributed by atoms with Crippen molar-refractivity contribution in [3.63, 3.8) is 0 Å². The van der Waals surface area contributed by atoms with E-state index in [-0.39, 0.29) is 23.9 Å². The number of thioether (sulfide) groups is 1. The first-order valence-corrected chi connectivity index (χ1v) is 10.1. The molecule has 3 rings (SSSR count). The summed E-state index contributed by atoms with van der Waals surface area (Å²) in [7, 11) is 0. The molecular formula is C16H18N6O2S2. The summed E-state index contributed by atoms with van der Waals surface area (Å²) in [6.07, 6.45) is 2.71. The highest BCUT2D eigenvalue weighted by atomic mass is 32.2. The largest absolute Gasteiger partial charge is 0.370 e. The minimum atomic E-state index is -0.854. The average molecular weight is 390 g/mol. The van der Waals surface area contributed by atoms with E-state index in [0.29, 0.717) is 28.5 Å². The van der Waals surface area contributed by atoms with E-state index < -0.39 is 5.92 Å². The average Bonchev–Trinajstić information content (AvgIpc) is 3.22. The SMILES string of the molecule is Cc1csc([C@@H](C#N)C(=O)CSc2nnc(CCC(N)=O)n2C2CC2)n1. The lowest BCUT2D eigenvalue weighted by Crippen LogP contribution is -2.15. The molecule has 136 valence electrons. The van der Waals surface area contributed by atoms with Crippen LogP contribution in [0.25, 0.3) is 0 Å². The van der Waals surface area contributed by atoms with Crippen LogP contribution in [0.2, 0.25) is 0 Å². The lowest BCUT2D eigenvalue weighted by atomic mass is 10.1. The Labute approximate surface area is 158 Å². The molecule has 0 radical (unpaired) electrons. The van der Waals surface area contributed by atoms with Crippen LogP contribution < -0.4 is 5.73 Å². The second-order valence-corrected chi connectivity index (χ2v) is 7.94. The Hall–Kier alpha value is -2.25. The van der Waals surface area contributed by atoms with Gasteiger partial charge in [0.15, 0.2) is 16.9 Å². The minimum absolute atomic E-state index is 0.123. The molecule has 8 nitrogen and oxygen atoms in total. The standard InChI is InChI=1S/C16H18N6O2S2/c1-9-7-25-15(19-9)11(6-17)12(23)8-26-16-21-20-14(5-4-13(18)24)22(16)10-2-3-10/h7,10-11H,2-5,8H2,1H3,(H2,18,24)/t11-/m0/s1. The molecule has 0 unspecified atom stereocenters. The van der Waals surface area contributed by atoms with Crippen molar-refractivity contribution in [2.24, 2.45) is 5.73 Å². The Balaban J connectivity index is 1.68. The maximum absolute atomic E-state index is 12.5. The number of nitriles is 1. The highest BCUT2D eigenvalue weighted by Crippen LogP contribution is 2.39. The summed E-state index contributed by atoms with van der Waals surface area (Å²) in [5.74, 6) is -0.593. The molecule has 1 atom stereocenters. The molecule has 10 heteroatoms. The number of rotatable bonds is 9. The van der Waals surface area contributed by atoms with Gasteiger partial charge in [-0.05, 0) is 19.8 Å². The van der Waals surface area contributed by atoms with E-state index in [1.165, 1.54) is 23.1 Å². The van der Waals surface area contributed by atoms with Gasteiger partial charge in [0.1, 0.15) is 10.8 Å². The first-order valence-electron chi connectivity index (χ1n) is 8.18. The number of Topliss-reactive ketones (excluding diaryl/α,β-unsaturated/α-hetero) is 1. The van der Waals surface area contributed by atoms with Gasteiger partial charge in [-0.2, -0.15) is 5.26 Å². The van der Waals surface area contributed by atoms with Crippen LogP contribution in [0.5, 0.6) is 0 Å². The molecule has 1 aliphatic rings. The van der Waals surface area contributed by atoms with E-state index in [9.17, 15) is 14.9 Å². The van der Waals surface area contributed by atoms with Crippen LogP contribution in [0, 0.1) is 18.3 Å². The molecule has 0 aliphatic heterocycles. The summed E-state index contributed by atoms with van der Waals surface area (Å²) in [6, 6.07) is 2.36. The first kappa shape index (κ1) is 18.5. The van der Waals surface area contributed by atoms with Crippen LogP contribution in [-0.4, -0.2) is 37.2 Å². The number of ketones is 1. The molecule has 1 amide bonds. The van der Waals surface area contributed by atoms with Crippen molar-refractivity contribution in [1.29, 1.82) is 5.26 Å². The zero-order chi connectivity index (χ0) is 18.7. The second kappa shape index (κ2) is 7.97. The molecule has 2 aromatic heterocycles. The fraction of sp³-hybridized carbons (Fsp3) is 0.500. The molecular weight excluding hydrogens is 372 g/mol. The second-order valence-electron chi connectivity index (χ2n) is 6.11. The van der Waals surface area contributed by atoms with E-state index in [4.69, 9.17) is 5.73 Å². The number of hydrogen-bond donors (Lipinski definition) is 1. The molecule has 1 fully saturated rings. The van der Waals surface area contributed by atoms with Gasteiger partial charge < -0.3 is 10.3 Å². The zero-order valence-electron chi connectivity index (χ0n) is 14.2. The van der Waals surface area contributed by atoms with Crippen LogP contribution in [0.1, 0.15) is 47.7 Å². The highest BCUT2D eigenvalue weighted by molar-refractivity contribution is 7.99. The molecule has 1 aliphatic carbocycles. The van der Waals surface area contributed by atoms with Crippen LogP contribution in [0.4, 0.5) is 0 Å². The zero-order valence-corrected chi connectivity index (χ0v) is 15.8. The number of nitrogens with zero attached hydrogens (tertiary/aromatic N) is 5. The fourth-order valence-corrected chi connectivity index (χ4v) is 4.29. The van der Waals surface area contributed by atoms with Gasteiger partial charge in [0.25, 0.3) is 0 Å². The topological polar surface area (TPSA) is 128 Å². The molecule has 2 heterocycles. The van der Waals surface area contributed by atoms with Crippen LogP contribution in [0.15, 0.2) is 10.5 Å².